The van der Waals surface area contributed by atoms with Crippen LogP contribution in [0.4, 0.5) is 21.9 Å². The summed E-state index contributed by atoms with van der Waals surface area (Å²) in [4.78, 5) is 14.3. The number of hydrogen-bond donors (Lipinski definition) is 3. The van der Waals surface area contributed by atoms with E-state index in [1.807, 2.05) is 43.3 Å². The van der Waals surface area contributed by atoms with Crippen molar-refractivity contribution < 1.29 is 23.7 Å². The van der Waals surface area contributed by atoms with Gasteiger partial charge < -0.3 is 34.5 Å². The number of carbonyl (C=O) groups is 1. The number of benzene rings is 2. The van der Waals surface area contributed by atoms with Crippen molar-refractivity contribution in [3.8, 4) is 5.75 Å². The zero-order chi connectivity index (χ0) is 23.4. The van der Waals surface area contributed by atoms with Crippen molar-refractivity contribution >= 4 is 40.5 Å². The molecule has 2 fully saturated rings. The van der Waals surface area contributed by atoms with Crippen LogP contribution >= 0.6 is 12.2 Å². The summed E-state index contributed by atoms with van der Waals surface area (Å²) >= 11 is 5.46. The molecule has 176 valence electrons. The number of nitrogens with one attached hydrogen (secondary N) is 3. The van der Waals surface area contributed by atoms with Gasteiger partial charge in [-0.05, 0) is 60.7 Å². The van der Waals surface area contributed by atoms with E-state index in [4.69, 9.17) is 31.2 Å². The molecule has 9 nitrogen and oxygen atoms in total. The van der Waals surface area contributed by atoms with Crippen molar-refractivity contribution in [1.82, 2.24) is 5.32 Å². The fourth-order valence-electron chi connectivity index (χ4n) is 3.83. The number of fused-ring (bicyclic) bond motifs is 1. The first-order valence-corrected chi connectivity index (χ1v) is 11.0. The Hall–Kier alpha value is -3.08. The summed E-state index contributed by atoms with van der Waals surface area (Å²) in [5, 5.41) is 9.62. The zero-order valence-electron chi connectivity index (χ0n) is 18.7. The van der Waals surface area contributed by atoms with Gasteiger partial charge in [0.1, 0.15) is 18.0 Å². The van der Waals surface area contributed by atoms with Crippen LogP contribution in [-0.4, -0.2) is 70.0 Å². The first kappa shape index (κ1) is 23.1. The number of carbonyl (C=O) groups excluding carboxylic acids is 1. The van der Waals surface area contributed by atoms with Crippen LogP contribution in [0, 0.1) is 0 Å². The summed E-state index contributed by atoms with van der Waals surface area (Å²) in [5.74, 6) is 0.705. The van der Waals surface area contributed by atoms with Crippen molar-refractivity contribution in [1.29, 1.82) is 0 Å². The van der Waals surface area contributed by atoms with Gasteiger partial charge in [0, 0.05) is 31.2 Å². The van der Waals surface area contributed by atoms with Crippen molar-refractivity contribution in [3.05, 3.63) is 48.5 Å². The maximum absolute atomic E-state index is 12.3. The number of amides is 1. The Labute approximate surface area is 198 Å². The lowest BCUT2D eigenvalue weighted by Gasteiger charge is -2.20. The minimum absolute atomic E-state index is 0.144. The first-order valence-electron chi connectivity index (χ1n) is 10.6. The molecule has 2 heterocycles. The third kappa shape index (κ3) is 5.65. The molecule has 0 spiro atoms. The van der Waals surface area contributed by atoms with Crippen LogP contribution in [0.5, 0.6) is 5.75 Å². The van der Waals surface area contributed by atoms with Crippen LogP contribution in [0.15, 0.2) is 48.5 Å². The van der Waals surface area contributed by atoms with Crippen molar-refractivity contribution in [2.24, 2.45) is 0 Å². The summed E-state index contributed by atoms with van der Waals surface area (Å²) in [7, 11) is 5.57. The number of methoxy groups -OCH3 is 1. The summed E-state index contributed by atoms with van der Waals surface area (Å²) < 4.78 is 22.4. The van der Waals surface area contributed by atoms with E-state index in [9.17, 15) is 4.79 Å². The molecule has 2 aliphatic rings. The fraction of sp³-hybridized carbons (Fsp3) is 0.391. The van der Waals surface area contributed by atoms with E-state index < -0.39 is 12.2 Å². The Balaban J connectivity index is 1.26. The fourth-order valence-corrected chi connectivity index (χ4v) is 4.10. The molecular weight excluding hydrogens is 444 g/mol. The Morgan fingerprint density at radius 2 is 1.61 bits per heavy atom. The smallest absolute Gasteiger partial charge is 0.412 e. The average molecular weight is 473 g/mol. The SMILES string of the molecule is COc1ccc(NC(=O)OC2COC3C(NC(=S)Nc4ccc(N(C)C)cc4)COC23)cc1. The molecule has 2 aromatic rings. The average Bonchev–Trinajstić information content (AvgIpc) is 3.38. The monoisotopic (exact) mass is 472 g/mol. The van der Waals surface area contributed by atoms with Crippen LogP contribution in [0.25, 0.3) is 0 Å². The van der Waals surface area contributed by atoms with E-state index in [-0.39, 0.29) is 24.9 Å². The third-order valence-corrected chi connectivity index (χ3v) is 5.78. The highest BCUT2D eigenvalue weighted by atomic mass is 32.1. The quantitative estimate of drug-likeness (QED) is 0.549. The van der Waals surface area contributed by atoms with E-state index >= 15 is 0 Å². The Morgan fingerprint density at radius 1 is 0.970 bits per heavy atom. The molecule has 4 atom stereocenters. The number of nitrogens with zero attached hydrogens (tertiary/aromatic N) is 1. The second-order valence-corrected chi connectivity index (χ2v) is 8.45. The highest BCUT2D eigenvalue weighted by Gasteiger charge is 2.49. The Bertz CT molecular complexity index is 970. The highest BCUT2D eigenvalue weighted by Crippen LogP contribution is 2.29. The van der Waals surface area contributed by atoms with Gasteiger partial charge in [0.05, 0.1) is 26.4 Å². The largest absolute Gasteiger partial charge is 0.497 e. The maximum Gasteiger partial charge on any atom is 0.412 e. The van der Waals surface area contributed by atoms with E-state index in [1.165, 1.54) is 0 Å². The number of ether oxygens (including phenoxy) is 4. The zero-order valence-corrected chi connectivity index (χ0v) is 19.6. The van der Waals surface area contributed by atoms with Gasteiger partial charge in [0.2, 0.25) is 0 Å². The van der Waals surface area contributed by atoms with E-state index in [0.29, 0.717) is 23.2 Å². The summed E-state index contributed by atoms with van der Waals surface area (Å²) in [5.41, 5.74) is 2.60. The normalized spacial score (nSPS) is 23.4. The van der Waals surface area contributed by atoms with Gasteiger partial charge in [-0.2, -0.15) is 0 Å². The summed E-state index contributed by atoms with van der Waals surface area (Å²) in [6.07, 6.45) is -1.68. The van der Waals surface area contributed by atoms with Crippen LogP contribution in [0.2, 0.25) is 0 Å². The van der Waals surface area contributed by atoms with Crippen LogP contribution in [-0.2, 0) is 14.2 Å². The molecule has 2 aromatic carbocycles. The molecule has 0 bridgehead atoms. The molecule has 0 saturated carbocycles. The van der Waals surface area contributed by atoms with Crippen molar-refractivity contribution in [2.45, 2.75) is 24.4 Å². The molecule has 2 saturated heterocycles. The molecule has 0 aliphatic carbocycles. The molecule has 4 unspecified atom stereocenters. The molecular formula is C23H28N4O5S. The van der Waals surface area contributed by atoms with Crippen LogP contribution < -0.4 is 25.6 Å². The van der Waals surface area contributed by atoms with E-state index in [2.05, 4.69) is 16.0 Å². The first-order chi connectivity index (χ1) is 15.9. The molecule has 0 radical (unpaired) electrons. The van der Waals surface area contributed by atoms with Crippen LogP contribution in [0.1, 0.15) is 0 Å². The molecule has 33 heavy (non-hydrogen) atoms. The van der Waals surface area contributed by atoms with Gasteiger partial charge >= 0.3 is 6.09 Å². The predicted octanol–water partition coefficient (Wildman–Crippen LogP) is 2.83. The van der Waals surface area contributed by atoms with E-state index in [0.717, 1.165) is 11.4 Å². The molecule has 0 aromatic heterocycles. The molecule has 3 N–H and O–H groups in total. The Kier molecular flexibility index (Phi) is 7.17. The van der Waals surface area contributed by atoms with Gasteiger partial charge in [-0.15, -0.1) is 0 Å². The molecule has 2 aliphatic heterocycles. The standard InChI is InChI=1S/C23H28N4O5S/c1-27(2)16-8-4-14(5-9-16)24-22(33)26-18-12-30-21-19(13-31-20(18)21)32-23(28)25-15-6-10-17(29-3)11-7-15/h4-11,18-21H,12-13H2,1-3H3,(H,25,28)(H2,24,26,33). The number of hydrogen-bond acceptors (Lipinski definition) is 7. The topological polar surface area (TPSA) is 93.3 Å². The van der Waals surface area contributed by atoms with Gasteiger partial charge in [0.25, 0.3) is 0 Å². The molecule has 10 heteroatoms. The summed E-state index contributed by atoms with van der Waals surface area (Å²) in [6, 6.07) is 14.8. The van der Waals surface area contributed by atoms with Gasteiger partial charge in [-0.3, -0.25) is 5.32 Å². The second-order valence-electron chi connectivity index (χ2n) is 8.04. The summed E-state index contributed by atoms with van der Waals surface area (Å²) in [6.45, 7) is 0.659. The molecule has 4 rings (SSSR count). The predicted molar refractivity (Wildman–Crippen MR) is 130 cm³/mol. The lowest BCUT2D eigenvalue weighted by molar-refractivity contribution is 0.00880. The van der Waals surface area contributed by atoms with Crippen molar-refractivity contribution in [2.75, 3.05) is 50.0 Å². The van der Waals surface area contributed by atoms with Crippen molar-refractivity contribution in [3.63, 3.8) is 0 Å². The Morgan fingerprint density at radius 3 is 2.27 bits per heavy atom. The van der Waals surface area contributed by atoms with Gasteiger partial charge in [0.15, 0.2) is 11.2 Å². The number of rotatable bonds is 6. The highest BCUT2D eigenvalue weighted by molar-refractivity contribution is 7.80. The van der Waals surface area contributed by atoms with Gasteiger partial charge in [-0.25, -0.2) is 4.79 Å². The third-order valence-electron chi connectivity index (χ3n) is 5.56. The minimum Gasteiger partial charge on any atom is -0.497 e. The van der Waals surface area contributed by atoms with Gasteiger partial charge in [-0.1, -0.05) is 0 Å². The maximum atomic E-state index is 12.3. The second kappa shape index (κ2) is 10.2. The lowest BCUT2D eigenvalue weighted by Crippen LogP contribution is -2.46. The molecule has 1 amide bonds. The minimum atomic E-state index is -0.562. The number of thiocarbonyl (C=S) groups is 1. The van der Waals surface area contributed by atoms with Crippen LogP contribution in [0.3, 0.4) is 0 Å². The van der Waals surface area contributed by atoms with E-state index in [1.54, 1.807) is 31.4 Å². The lowest BCUT2D eigenvalue weighted by atomic mass is 10.1. The number of anilines is 3.